The zero-order valence-electron chi connectivity index (χ0n) is 7.60. The van der Waals surface area contributed by atoms with Gasteiger partial charge >= 0.3 is 0 Å². The van der Waals surface area contributed by atoms with Gasteiger partial charge in [0, 0.05) is 17.5 Å². The van der Waals surface area contributed by atoms with Gasteiger partial charge in [0.25, 0.3) is 0 Å². The Kier molecular flexibility index (Phi) is 1.71. The van der Waals surface area contributed by atoms with Crippen LogP contribution in [0, 0.1) is 5.41 Å². The van der Waals surface area contributed by atoms with Gasteiger partial charge in [-0.3, -0.25) is 5.43 Å². The number of nitrogens with zero attached hydrogens (tertiary/aromatic N) is 1. The molecule has 0 amide bonds. The van der Waals surface area contributed by atoms with Crippen molar-refractivity contribution in [2.45, 2.75) is 39.8 Å². The van der Waals surface area contributed by atoms with Crippen molar-refractivity contribution in [1.29, 1.82) is 0 Å². The Hall–Kier alpha value is -0.570. The summed E-state index contributed by atoms with van der Waals surface area (Å²) in [6.07, 6.45) is 0.622. The van der Waals surface area contributed by atoms with E-state index in [1.54, 1.807) is 0 Å². The van der Waals surface area contributed by atoms with Gasteiger partial charge in [-0.05, 0) is 6.92 Å². The molecule has 1 heterocycles. The Bertz CT molecular complexity index is 193. The van der Waals surface area contributed by atoms with Crippen LogP contribution in [0.15, 0.2) is 5.10 Å². The van der Waals surface area contributed by atoms with E-state index in [-0.39, 0.29) is 5.41 Å². The summed E-state index contributed by atoms with van der Waals surface area (Å²) in [5.74, 6) is 0. The summed E-state index contributed by atoms with van der Waals surface area (Å²) in [6, 6.07) is 0. The van der Waals surface area contributed by atoms with Crippen molar-refractivity contribution in [2.75, 3.05) is 0 Å². The molecule has 0 bridgehead atoms. The molecule has 1 unspecified atom stereocenters. The van der Waals surface area contributed by atoms with E-state index in [0.717, 1.165) is 5.71 Å². The summed E-state index contributed by atoms with van der Waals surface area (Å²) in [5, 5.41) is 13.9. The second-order valence-electron chi connectivity index (χ2n) is 4.25. The van der Waals surface area contributed by atoms with Crippen molar-refractivity contribution in [1.82, 2.24) is 5.43 Å². The molecule has 0 spiro atoms. The van der Waals surface area contributed by atoms with Gasteiger partial charge < -0.3 is 5.11 Å². The fraction of sp³-hybridized carbons (Fsp3) is 0.875. The summed E-state index contributed by atoms with van der Waals surface area (Å²) in [4.78, 5) is 0. The molecule has 0 aromatic carbocycles. The molecule has 0 saturated carbocycles. The van der Waals surface area contributed by atoms with Crippen LogP contribution in [-0.4, -0.2) is 16.5 Å². The first-order chi connectivity index (χ1) is 4.85. The highest BCUT2D eigenvalue weighted by atomic mass is 16.3. The molecule has 1 aliphatic heterocycles. The van der Waals surface area contributed by atoms with Gasteiger partial charge in [0.05, 0.1) is 0 Å². The standard InChI is InChI=1S/C8H16N2O/c1-6-5-8(11,10-9-6)7(2,3)4/h10-11H,5H2,1-4H3. The summed E-state index contributed by atoms with van der Waals surface area (Å²) in [5.41, 5.74) is 2.70. The summed E-state index contributed by atoms with van der Waals surface area (Å²) in [6.45, 7) is 7.90. The van der Waals surface area contributed by atoms with E-state index in [0.29, 0.717) is 6.42 Å². The largest absolute Gasteiger partial charge is 0.369 e. The molecule has 0 fully saturated rings. The fourth-order valence-electron chi connectivity index (χ4n) is 1.07. The first-order valence-corrected chi connectivity index (χ1v) is 3.88. The number of hydrogen-bond acceptors (Lipinski definition) is 3. The average molecular weight is 156 g/mol. The van der Waals surface area contributed by atoms with Crippen LogP contribution in [0.5, 0.6) is 0 Å². The molecule has 3 heteroatoms. The molecule has 2 N–H and O–H groups in total. The molecule has 1 atom stereocenters. The second-order valence-corrected chi connectivity index (χ2v) is 4.25. The minimum atomic E-state index is -0.850. The van der Waals surface area contributed by atoms with Crippen LogP contribution < -0.4 is 5.43 Å². The van der Waals surface area contributed by atoms with Crippen LogP contribution in [0.1, 0.15) is 34.1 Å². The summed E-state index contributed by atoms with van der Waals surface area (Å²) >= 11 is 0. The predicted molar refractivity (Wildman–Crippen MR) is 45.3 cm³/mol. The minimum absolute atomic E-state index is 0.172. The maximum absolute atomic E-state index is 9.97. The topological polar surface area (TPSA) is 44.6 Å². The first-order valence-electron chi connectivity index (χ1n) is 3.88. The Morgan fingerprint density at radius 3 is 2.27 bits per heavy atom. The van der Waals surface area contributed by atoms with Gasteiger partial charge in [-0.1, -0.05) is 20.8 Å². The van der Waals surface area contributed by atoms with Gasteiger partial charge in [-0.25, -0.2) is 0 Å². The smallest absolute Gasteiger partial charge is 0.160 e. The van der Waals surface area contributed by atoms with Gasteiger partial charge in [0.2, 0.25) is 0 Å². The second kappa shape index (κ2) is 2.21. The third-order valence-corrected chi connectivity index (χ3v) is 2.18. The van der Waals surface area contributed by atoms with Crippen LogP contribution in [0.4, 0.5) is 0 Å². The molecule has 3 nitrogen and oxygen atoms in total. The zero-order chi connectivity index (χ0) is 8.70. The van der Waals surface area contributed by atoms with Crippen LogP contribution in [0.2, 0.25) is 0 Å². The number of nitrogens with one attached hydrogen (secondary N) is 1. The number of rotatable bonds is 0. The van der Waals surface area contributed by atoms with Gasteiger partial charge in [0.1, 0.15) is 0 Å². The average Bonchev–Trinajstić information content (AvgIpc) is 2.10. The van der Waals surface area contributed by atoms with Crippen LogP contribution in [0.25, 0.3) is 0 Å². The Labute approximate surface area is 67.5 Å². The van der Waals surface area contributed by atoms with E-state index in [4.69, 9.17) is 0 Å². The molecular formula is C8H16N2O. The maximum atomic E-state index is 9.97. The highest BCUT2D eigenvalue weighted by Crippen LogP contribution is 2.33. The summed E-state index contributed by atoms with van der Waals surface area (Å²) in [7, 11) is 0. The monoisotopic (exact) mass is 156 g/mol. The van der Waals surface area contributed by atoms with E-state index < -0.39 is 5.72 Å². The Morgan fingerprint density at radius 1 is 1.55 bits per heavy atom. The van der Waals surface area contributed by atoms with Crippen molar-refractivity contribution in [3.8, 4) is 0 Å². The molecule has 1 aliphatic rings. The normalized spacial score (nSPS) is 31.5. The van der Waals surface area contributed by atoms with Crippen molar-refractivity contribution in [2.24, 2.45) is 10.5 Å². The highest BCUT2D eigenvalue weighted by molar-refractivity contribution is 5.84. The molecule has 0 saturated heterocycles. The minimum Gasteiger partial charge on any atom is -0.369 e. The van der Waals surface area contributed by atoms with Crippen molar-refractivity contribution < 1.29 is 5.11 Å². The number of hydrogen-bond donors (Lipinski definition) is 2. The van der Waals surface area contributed by atoms with Crippen LogP contribution >= 0.6 is 0 Å². The lowest BCUT2D eigenvalue weighted by Gasteiger charge is -2.36. The molecule has 0 aliphatic carbocycles. The number of aliphatic hydroxyl groups is 1. The van der Waals surface area contributed by atoms with Crippen molar-refractivity contribution >= 4 is 5.71 Å². The molecular weight excluding hydrogens is 140 g/mol. The fourth-order valence-corrected chi connectivity index (χ4v) is 1.07. The van der Waals surface area contributed by atoms with E-state index in [1.165, 1.54) is 0 Å². The van der Waals surface area contributed by atoms with Gasteiger partial charge in [-0.15, -0.1) is 0 Å². The Balaban J connectivity index is 2.74. The lowest BCUT2D eigenvalue weighted by atomic mass is 9.81. The third-order valence-electron chi connectivity index (χ3n) is 2.18. The van der Waals surface area contributed by atoms with Crippen molar-refractivity contribution in [3.63, 3.8) is 0 Å². The first kappa shape index (κ1) is 8.53. The number of hydrazone groups is 1. The lowest BCUT2D eigenvalue weighted by molar-refractivity contribution is -0.0719. The van der Waals surface area contributed by atoms with E-state index in [1.807, 2.05) is 27.7 Å². The lowest BCUT2D eigenvalue weighted by Crippen LogP contribution is -2.50. The molecule has 11 heavy (non-hydrogen) atoms. The maximum Gasteiger partial charge on any atom is 0.160 e. The molecule has 0 radical (unpaired) electrons. The van der Waals surface area contributed by atoms with E-state index in [9.17, 15) is 5.11 Å². The zero-order valence-corrected chi connectivity index (χ0v) is 7.60. The van der Waals surface area contributed by atoms with Gasteiger partial charge in [0.15, 0.2) is 5.72 Å². The van der Waals surface area contributed by atoms with Crippen LogP contribution in [0.3, 0.4) is 0 Å². The van der Waals surface area contributed by atoms with Crippen LogP contribution in [-0.2, 0) is 0 Å². The van der Waals surface area contributed by atoms with Crippen molar-refractivity contribution in [3.05, 3.63) is 0 Å². The van der Waals surface area contributed by atoms with E-state index in [2.05, 4.69) is 10.5 Å². The predicted octanol–water partition coefficient (Wildman–Crippen LogP) is 1.09. The third kappa shape index (κ3) is 1.38. The highest BCUT2D eigenvalue weighted by Gasteiger charge is 2.43. The van der Waals surface area contributed by atoms with Gasteiger partial charge in [-0.2, -0.15) is 5.10 Å². The Morgan fingerprint density at radius 2 is 2.09 bits per heavy atom. The molecule has 64 valence electrons. The molecule has 0 aromatic rings. The SMILES string of the molecule is CC1=NNC(O)(C(C)(C)C)C1. The quantitative estimate of drug-likeness (QED) is 0.551. The molecule has 1 rings (SSSR count). The molecule has 0 aromatic heterocycles. The van der Waals surface area contributed by atoms with E-state index >= 15 is 0 Å². The summed E-state index contributed by atoms with van der Waals surface area (Å²) < 4.78 is 0.